The summed E-state index contributed by atoms with van der Waals surface area (Å²) in [6.45, 7) is 4.71. The Hall–Kier alpha value is -1.66. The van der Waals surface area contributed by atoms with Gasteiger partial charge in [-0.3, -0.25) is 0 Å². The molecule has 2 aromatic rings. The van der Waals surface area contributed by atoms with E-state index in [-0.39, 0.29) is 6.04 Å². The van der Waals surface area contributed by atoms with Gasteiger partial charge in [-0.05, 0) is 34.5 Å². The number of rotatable bonds is 5. The molecule has 0 aliphatic rings. The zero-order valence-corrected chi connectivity index (χ0v) is 12.5. The molecule has 0 fully saturated rings. The monoisotopic (exact) mass is 295 g/mol. The van der Waals surface area contributed by atoms with Crippen LogP contribution in [0.3, 0.4) is 0 Å². The van der Waals surface area contributed by atoms with Gasteiger partial charge in [-0.1, -0.05) is 25.4 Å². The van der Waals surface area contributed by atoms with Crippen molar-refractivity contribution in [2.24, 2.45) is 5.92 Å². The average molecular weight is 296 g/mol. The van der Waals surface area contributed by atoms with Crippen molar-refractivity contribution >= 4 is 17.3 Å². The lowest BCUT2D eigenvalue weighted by Crippen LogP contribution is -2.22. The Bertz CT molecular complexity index is 584. The molecular formula is C13H18ClN5O. The Balaban J connectivity index is 2.49. The highest BCUT2D eigenvalue weighted by Gasteiger charge is 2.22. The van der Waals surface area contributed by atoms with Gasteiger partial charge in [-0.25, -0.2) is 4.68 Å². The number of nitrogens with two attached hydrogens (primary N) is 1. The van der Waals surface area contributed by atoms with E-state index in [1.165, 1.54) is 0 Å². The SMILES string of the molecule is COCC(C(C)C)n1nnnc1-c1cc(Cl)ccc1N. The second kappa shape index (κ2) is 6.19. The fourth-order valence-corrected chi connectivity index (χ4v) is 2.20. The summed E-state index contributed by atoms with van der Waals surface area (Å²) in [4.78, 5) is 0. The first-order chi connectivity index (χ1) is 9.54. The molecule has 0 aliphatic heterocycles. The quantitative estimate of drug-likeness (QED) is 0.857. The van der Waals surface area contributed by atoms with Crippen LogP contribution in [0.4, 0.5) is 5.69 Å². The highest BCUT2D eigenvalue weighted by atomic mass is 35.5. The molecule has 0 spiro atoms. The summed E-state index contributed by atoms with van der Waals surface area (Å²) in [5.74, 6) is 0.915. The first-order valence-corrected chi connectivity index (χ1v) is 6.74. The van der Waals surface area contributed by atoms with Gasteiger partial charge in [-0.15, -0.1) is 5.10 Å². The minimum absolute atomic E-state index is 0.0309. The lowest BCUT2D eigenvalue weighted by atomic mass is 10.0. The summed E-state index contributed by atoms with van der Waals surface area (Å²) in [6, 6.07) is 5.29. The van der Waals surface area contributed by atoms with Crippen LogP contribution in [0.25, 0.3) is 11.4 Å². The number of aromatic nitrogens is 4. The number of methoxy groups -OCH3 is 1. The number of halogens is 1. The summed E-state index contributed by atoms with van der Waals surface area (Å²) < 4.78 is 7.01. The van der Waals surface area contributed by atoms with Crippen LogP contribution in [0.1, 0.15) is 19.9 Å². The smallest absolute Gasteiger partial charge is 0.184 e. The highest BCUT2D eigenvalue weighted by Crippen LogP contribution is 2.29. The van der Waals surface area contributed by atoms with Crippen LogP contribution in [-0.4, -0.2) is 33.9 Å². The molecule has 0 saturated carbocycles. The van der Waals surface area contributed by atoms with Crippen LogP contribution < -0.4 is 5.73 Å². The van der Waals surface area contributed by atoms with Crippen molar-refractivity contribution < 1.29 is 4.74 Å². The third-order valence-electron chi connectivity index (χ3n) is 3.17. The molecule has 0 saturated heterocycles. The minimum Gasteiger partial charge on any atom is -0.398 e. The fourth-order valence-electron chi connectivity index (χ4n) is 2.03. The maximum absolute atomic E-state index is 6.03. The van der Waals surface area contributed by atoms with E-state index in [1.807, 2.05) is 0 Å². The number of ether oxygens (including phenoxy) is 1. The van der Waals surface area contributed by atoms with Crippen molar-refractivity contribution in [1.29, 1.82) is 0 Å². The Morgan fingerprint density at radius 1 is 1.40 bits per heavy atom. The summed E-state index contributed by atoms with van der Waals surface area (Å²) in [5.41, 5.74) is 7.32. The van der Waals surface area contributed by atoms with E-state index in [0.29, 0.717) is 29.1 Å². The van der Waals surface area contributed by atoms with Crippen molar-refractivity contribution in [3.63, 3.8) is 0 Å². The molecule has 7 heteroatoms. The van der Waals surface area contributed by atoms with E-state index in [0.717, 1.165) is 5.56 Å². The molecule has 6 nitrogen and oxygen atoms in total. The molecule has 2 rings (SSSR count). The molecule has 1 aromatic heterocycles. The first kappa shape index (κ1) is 14.7. The van der Waals surface area contributed by atoms with Crippen molar-refractivity contribution in [2.45, 2.75) is 19.9 Å². The van der Waals surface area contributed by atoms with Gasteiger partial charge in [-0.2, -0.15) is 0 Å². The third kappa shape index (κ3) is 2.91. The predicted octanol–water partition coefficient (Wildman–Crippen LogP) is 2.42. The molecule has 1 atom stereocenters. The van der Waals surface area contributed by atoms with E-state index in [1.54, 1.807) is 30.0 Å². The number of tetrazole rings is 1. The van der Waals surface area contributed by atoms with Gasteiger partial charge in [0.25, 0.3) is 0 Å². The molecule has 1 heterocycles. The number of anilines is 1. The zero-order valence-electron chi connectivity index (χ0n) is 11.7. The van der Waals surface area contributed by atoms with E-state index in [2.05, 4.69) is 29.4 Å². The Kier molecular flexibility index (Phi) is 4.57. The number of nitrogens with zero attached hydrogens (tertiary/aromatic N) is 4. The molecule has 0 aliphatic carbocycles. The Morgan fingerprint density at radius 3 is 2.80 bits per heavy atom. The molecule has 0 amide bonds. The van der Waals surface area contributed by atoms with E-state index < -0.39 is 0 Å². The molecule has 20 heavy (non-hydrogen) atoms. The molecule has 108 valence electrons. The topological polar surface area (TPSA) is 78.8 Å². The molecular weight excluding hydrogens is 278 g/mol. The van der Waals surface area contributed by atoms with Gasteiger partial charge in [0.15, 0.2) is 5.82 Å². The maximum atomic E-state index is 6.03. The van der Waals surface area contributed by atoms with Gasteiger partial charge in [0, 0.05) is 23.4 Å². The van der Waals surface area contributed by atoms with Crippen LogP contribution in [0, 0.1) is 5.92 Å². The van der Waals surface area contributed by atoms with E-state index in [9.17, 15) is 0 Å². The van der Waals surface area contributed by atoms with Gasteiger partial charge in [0.1, 0.15) is 0 Å². The summed E-state index contributed by atoms with van der Waals surface area (Å²) >= 11 is 6.03. The lowest BCUT2D eigenvalue weighted by molar-refractivity contribution is 0.126. The number of hydrogen-bond acceptors (Lipinski definition) is 5. The number of nitrogen functional groups attached to an aromatic ring is 1. The van der Waals surface area contributed by atoms with Crippen molar-refractivity contribution in [3.05, 3.63) is 23.2 Å². The lowest BCUT2D eigenvalue weighted by Gasteiger charge is -2.21. The van der Waals surface area contributed by atoms with Gasteiger partial charge in [0.2, 0.25) is 0 Å². The summed E-state index contributed by atoms with van der Waals surface area (Å²) in [5, 5.41) is 12.5. The maximum Gasteiger partial charge on any atom is 0.184 e. The van der Waals surface area contributed by atoms with Gasteiger partial charge in [0.05, 0.1) is 12.6 Å². The standard InChI is InChI=1S/C13H18ClN5O/c1-8(2)12(7-20-3)19-13(16-17-18-19)10-6-9(14)4-5-11(10)15/h4-6,8,12H,7,15H2,1-3H3. The van der Waals surface area contributed by atoms with Crippen LogP contribution in [0.5, 0.6) is 0 Å². The van der Waals surface area contributed by atoms with Gasteiger partial charge >= 0.3 is 0 Å². The molecule has 1 unspecified atom stereocenters. The van der Waals surface area contributed by atoms with Crippen LogP contribution in [0.2, 0.25) is 5.02 Å². The largest absolute Gasteiger partial charge is 0.398 e. The minimum atomic E-state index is 0.0309. The third-order valence-corrected chi connectivity index (χ3v) is 3.41. The molecule has 0 bridgehead atoms. The van der Waals surface area contributed by atoms with Crippen molar-refractivity contribution in [2.75, 3.05) is 19.5 Å². The normalized spacial score (nSPS) is 12.8. The zero-order chi connectivity index (χ0) is 14.7. The Morgan fingerprint density at radius 2 is 2.15 bits per heavy atom. The predicted molar refractivity (Wildman–Crippen MR) is 78.4 cm³/mol. The second-order valence-corrected chi connectivity index (χ2v) is 5.38. The van der Waals surface area contributed by atoms with E-state index >= 15 is 0 Å². The van der Waals surface area contributed by atoms with Crippen molar-refractivity contribution in [3.8, 4) is 11.4 Å². The van der Waals surface area contributed by atoms with Crippen LogP contribution in [-0.2, 0) is 4.74 Å². The average Bonchev–Trinajstić information content (AvgIpc) is 2.87. The van der Waals surface area contributed by atoms with E-state index in [4.69, 9.17) is 22.1 Å². The second-order valence-electron chi connectivity index (χ2n) is 4.95. The molecule has 1 aromatic carbocycles. The fraction of sp³-hybridized carbons (Fsp3) is 0.462. The Labute approximate surface area is 122 Å². The number of benzene rings is 1. The van der Waals surface area contributed by atoms with Crippen LogP contribution >= 0.6 is 11.6 Å². The highest BCUT2D eigenvalue weighted by molar-refractivity contribution is 6.31. The molecule has 2 N–H and O–H groups in total. The van der Waals surface area contributed by atoms with Crippen LogP contribution in [0.15, 0.2) is 18.2 Å². The van der Waals surface area contributed by atoms with Gasteiger partial charge < -0.3 is 10.5 Å². The first-order valence-electron chi connectivity index (χ1n) is 6.36. The summed E-state index contributed by atoms with van der Waals surface area (Å²) in [6.07, 6.45) is 0. The number of hydrogen-bond donors (Lipinski definition) is 1. The molecule has 0 radical (unpaired) electrons. The van der Waals surface area contributed by atoms with Crippen molar-refractivity contribution in [1.82, 2.24) is 20.2 Å². The summed E-state index contributed by atoms with van der Waals surface area (Å²) in [7, 11) is 1.66.